The van der Waals surface area contributed by atoms with Crippen molar-refractivity contribution in [2.75, 3.05) is 0 Å². The zero-order valence-corrected chi connectivity index (χ0v) is 32.9. The third-order valence-corrected chi connectivity index (χ3v) is 29.7. The van der Waals surface area contributed by atoms with Crippen LogP contribution in [0.2, 0.25) is 31.4 Å². The van der Waals surface area contributed by atoms with Crippen molar-refractivity contribution < 1.29 is 13.6 Å². The quantitative estimate of drug-likeness (QED) is 0.130. The number of hydrogen-bond acceptors (Lipinski definition) is 4. The number of fused-ring (bicyclic) bond motifs is 1. The van der Waals surface area contributed by atoms with Crippen LogP contribution in [-0.2, 0) is 23.9 Å². The minimum atomic E-state index is -2.75. The molecule has 3 aromatic rings. The number of rotatable bonds is 17. The fraction of sp³-hybridized carbons (Fsp3) is 0.605. The molecule has 1 heterocycles. The maximum absolute atomic E-state index is 7.28. The fourth-order valence-electron chi connectivity index (χ4n) is 6.47. The van der Waals surface area contributed by atoms with Crippen LogP contribution in [0.3, 0.4) is 0 Å². The molecule has 0 fully saturated rings. The summed E-state index contributed by atoms with van der Waals surface area (Å²) in [6.07, 6.45) is 11.7. The Morgan fingerprint density at radius 2 is 1.50 bits per heavy atom. The molecule has 4 rings (SSSR count). The summed E-state index contributed by atoms with van der Waals surface area (Å²) in [5.41, 5.74) is 3.96. The van der Waals surface area contributed by atoms with Crippen LogP contribution in [0.25, 0.3) is 0 Å². The molecule has 2 unspecified atom stereocenters. The van der Waals surface area contributed by atoms with Gasteiger partial charge in [-0.15, -0.1) is 0 Å². The van der Waals surface area contributed by atoms with Crippen LogP contribution in [-0.4, -0.2) is 31.7 Å². The average molecular weight is 725 g/mol. The summed E-state index contributed by atoms with van der Waals surface area (Å²) in [4.78, 5) is 5.12. The first-order valence-corrected chi connectivity index (χ1v) is 27.8. The number of aromatic nitrogens is 1. The van der Waals surface area contributed by atoms with Gasteiger partial charge in [-0.05, 0) is 0 Å². The molecule has 1 aliphatic rings. The van der Waals surface area contributed by atoms with Gasteiger partial charge in [0.05, 0.1) is 0 Å². The molecule has 0 radical (unpaired) electrons. The van der Waals surface area contributed by atoms with Gasteiger partial charge in [-0.1, -0.05) is 30.3 Å². The van der Waals surface area contributed by atoms with Crippen LogP contribution in [0.1, 0.15) is 109 Å². The van der Waals surface area contributed by atoms with Gasteiger partial charge in [-0.3, -0.25) is 0 Å². The molecule has 4 nitrogen and oxygen atoms in total. The Morgan fingerprint density at radius 3 is 2.09 bits per heavy atom. The van der Waals surface area contributed by atoms with E-state index < -0.39 is 26.7 Å². The molecule has 242 valence electrons. The van der Waals surface area contributed by atoms with E-state index in [1.807, 2.05) is 6.07 Å². The van der Waals surface area contributed by atoms with E-state index in [2.05, 4.69) is 103 Å². The molecule has 44 heavy (non-hydrogen) atoms. The molecule has 0 amide bonds. The van der Waals surface area contributed by atoms with Gasteiger partial charge in [-0.25, -0.2) is 0 Å². The van der Waals surface area contributed by atoms with Crippen molar-refractivity contribution in [3.8, 4) is 5.75 Å². The van der Waals surface area contributed by atoms with Crippen molar-refractivity contribution in [3.63, 3.8) is 0 Å². The second-order valence-corrected chi connectivity index (χ2v) is 32.6. The predicted octanol–water partition coefficient (Wildman–Crippen LogP) is 10.8. The fourth-order valence-corrected chi connectivity index (χ4v) is 22.7. The van der Waals surface area contributed by atoms with E-state index in [1.54, 1.807) is 0 Å². The van der Waals surface area contributed by atoms with Gasteiger partial charge < -0.3 is 0 Å². The normalized spacial score (nSPS) is 16.2. The Morgan fingerprint density at radius 1 is 0.886 bits per heavy atom. The van der Waals surface area contributed by atoms with Gasteiger partial charge in [0.1, 0.15) is 0 Å². The Bertz CT molecular complexity index is 1280. The number of unbranched alkanes of at least 4 members (excludes halogenated alkanes) is 3. The van der Waals surface area contributed by atoms with Crippen LogP contribution in [0.15, 0.2) is 59.1 Å². The summed E-state index contributed by atoms with van der Waals surface area (Å²) >= 11 is -2.75. The molecule has 0 saturated heterocycles. The Balaban J connectivity index is 1.63. The average Bonchev–Trinajstić information content (AvgIpc) is 3.67. The number of nitrogens with zero attached hydrogens (tertiary/aromatic N) is 1. The second kappa shape index (κ2) is 15.8. The zero-order chi connectivity index (χ0) is 31.8. The number of benzene rings is 2. The van der Waals surface area contributed by atoms with E-state index in [0.29, 0.717) is 12.5 Å². The standard InChI is InChI=1S/C26H32NO3Si.3C4H9.Sn/c1-26(2,3)31(4,5)30-24(25-27-13-14-28-25)22-15-20-11-12-23(17-21(20)16-22)29-18-19-9-7-6-8-10-19;3*1-3-4-2;/h6-13,17,22,24H,15-16,18H2,1-5H3;3*1,3-4H2,2H3;. The van der Waals surface area contributed by atoms with Gasteiger partial charge in [0, 0.05) is 0 Å². The molecule has 0 N–H and O–H groups in total. The van der Waals surface area contributed by atoms with E-state index in [1.165, 1.54) is 72.3 Å². The summed E-state index contributed by atoms with van der Waals surface area (Å²) in [5.74, 6) is 2.09. The second-order valence-electron chi connectivity index (χ2n) is 14.8. The number of oxazole rings is 1. The molecule has 0 spiro atoms. The Kier molecular flexibility index (Phi) is 12.7. The van der Waals surface area contributed by atoms with Crippen LogP contribution in [0, 0.1) is 5.92 Å². The molecule has 2 atom stereocenters. The van der Waals surface area contributed by atoms with E-state index in [4.69, 9.17) is 18.6 Å². The van der Waals surface area contributed by atoms with E-state index in [-0.39, 0.29) is 11.1 Å². The molecule has 0 aliphatic heterocycles. The van der Waals surface area contributed by atoms with E-state index in [0.717, 1.165) is 24.5 Å². The molecule has 0 saturated carbocycles. The topological polar surface area (TPSA) is 44.5 Å². The van der Waals surface area contributed by atoms with Gasteiger partial charge in [0.2, 0.25) is 0 Å². The van der Waals surface area contributed by atoms with Gasteiger partial charge in [0.25, 0.3) is 0 Å². The Labute approximate surface area is 273 Å². The first kappa shape index (κ1) is 35.3. The van der Waals surface area contributed by atoms with Crippen molar-refractivity contribution in [1.29, 1.82) is 0 Å². The summed E-state index contributed by atoms with van der Waals surface area (Å²) in [5, 5.41) is 0.108. The maximum atomic E-state index is 7.28. The molecular formula is C38H59NO3SiSn. The van der Waals surface area contributed by atoms with E-state index >= 15 is 0 Å². The monoisotopic (exact) mass is 725 g/mol. The SMILES string of the molecule is CCC[CH2][Sn]([CH2]CCC)([CH2]CCC)[c]1cnc(C(O[Si](C)(C)C(C)(C)C)C2Cc3ccc(OCc4ccccc4)cc3C2)o1. The van der Waals surface area contributed by atoms with Crippen LogP contribution >= 0.6 is 0 Å². The van der Waals surface area contributed by atoms with Gasteiger partial charge >= 0.3 is 245 Å². The molecule has 2 aromatic carbocycles. The Hall–Kier alpha value is -1.57. The summed E-state index contributed by atoms with van der Waals surface area (Å²) < 4.78 is 26.0. The third-order valence-electron chi connectivity index (χ3n) is 10.4. The van der Waals surface area contributed by atoms with Gasteiger partial charge in [0.15, 0.2) is 0 Å². The third kappa shape index (κ3) is 8.82. The minimum absolute atomic E-state index is 0.108. The first-order valence-electron chi connectivity index (χ1n) is 17.4. The number of ether oxygens (including phenoxy) is 1. The van der Waals surface area contributed by atoms with Crippen molar-refractivity contribution in [1.82, 2.24) is 4.98 Å². The zero-order valence-electron chi connectivity index (χ0n) is 29.0. The van der Waals surface area contributed by atoms with Crippen molar-refractivity contribution in [3.05, 3.63) is 77.3 Å². The van der Waals surface area contributed by atoms with E-state index in [9.17, 15) is 0 Å². The van der Waals surface area contributed by atoms with Crippen molar-refractivity contribution in [2.24, 2.45) is 5.92 Å². The summed E-state index contributed by atoms with van der Waals surface area (Å²) in [7, 11) is -2.09. The molecule has 1 aliphatic carbocycles. The first-order chi connectivity index (χ1) is 21.0. The van der Waals surface area contributed by atoms with Gasteiger partial charge in [-0.2, -0.15) is 0 Å². The summed E-state index contributed by atoms with van der Waals surface area (Å²) in [6.45, 7) is 19.3. The van der Waals surface area contributed by atoms with Crippen LogP contribution < -0.4 is 8.51 Å². The summed E-state index contributed by atoms with van der Waals surface area (Å²) in [6, 6.07) is 17.1. The molecule has 1 aromatic heterocycles. The predicted molar refractivity (Wildman–Crippen MR) is 190 cm³/mol. The van der Waals surface area contributed by atoms with Crippen LogP contribution in [0.4, 0.5) is 0 Å². The molecule has 6 heteroatoms. The van der Waals surface area contributed by atoms with Crippen molar-refractivity contribution in [2.45, 2.75) is 137 Å². The molecular weight excluding hydrogens is 665 g/mol. The number of hydrogen-bond donors (Lipinski definition) is 0. The van der Waals surface area contributed by atoms with Crippen LogP contribution in [0.5, 0.6) is 5.75 Å². The van der Waals surface area contributed by atoms with Crippen molar-refractivity contribution >= 4 is 30.5 Å². The molecule has 0 bridgehead atoms.